The number of rotatable bonds is 2. The second-order valence-electron chi connectivity index (χ2n) is 3.58. The molecule has 0 atom stereocenters. The Kier molecular flexibility index (Phi) is 2.07. The van der Waals surface area contributed by atoms with Crippen LogP contribution in [-0.2, 0) is 0 Å². The summed E-state index contributed by atoms with van der Waals surface area (Å²) in [5, 5.41) is 4.22. The van der Waals surface area contributed by atoms with Gasteiger partial charge in [0.1, 0.15) is 0 Å². The highest BCUT2D eigenvalue weighted by atomic mass is 15.3. The number of H-pyrrole nitrogens is 1. The standard InChI is InChI=1S/C13H11N3/c1-4-11(13-6-2-7-14-13)10-12(5-1)16-9-3-8-15-16/h1-10,14H. The summed E-state index contributed by atoms with van der Waals surface area (Å²) in [4.78, 5) is 3.20. The molecular formula is C13H11N3. The molecule has 16 heavy (non-hydrogen) atoms. The fraction of sp³-hybridized carbons (Fsp3) is 0. The van der Waals surface area contributed by atoms with Gasteiger partial charge in [0.05, 0.1) is 5.69 Å². The summed E-state index contributed by atoms with van der Waals surface area (Å²) < 4.78 is 1.85. The maximum Gasteiger partial charge on any atom is 0.0652 e. The van der Waals surface area contributed by atoms with E-state index in [1.54, 1.807) is 6.20 Å². The van der Waals surface area contributed by atoms with E-state index in [2.05, 4.69) is 28.3 Å². The van der Waals surface area contributed by atoms with Crippen molar-refractivity contribution in [2.24, 2.45) is 0 Å². The monoisotopic (exact) mass is 209 g/mol. The van der Waals surface area contributed by atoms with Crippen molar-refractivity contribution in [1.29, 1.82) is 0 Å². The SMILES string of the molecule is c1cc(-c2ccc[nH]2)cc(-n2cccn2)c1. The van der Waals surface area contributed by atoms with Gasteiger partial charge >= 0.3 is 0 Å². The Hall–Kier alpha value is -2.29. The number of aromatic amines is 1. The van der Waals surface area contributed by atoms with Crippen LogP contribution in [0, 0.1) is 0 Å². The van der Waals surface area contributed by atoms with Gasteiger partial charge in [-0.2, -0.15) is 5.10 Å². The Balaban J connectivity index is 2.07. The molecule has 0 aliphatic carbocycles. The van der Waals surface area contributed by atoms with E-state index in [4.69, 9.17) is 0 Å². The summed E-state index contributed by atoms with van der Waals surface area (Å²) in [5.74, 6) is 0. The minimum absolute atomic E-state index is 1.07. The quantitative estimate of drug-likeness (QED) is 0.691. The van der Waals surface area contributed by atoms with Crippen molar-refractivity contribution in [2.45, 2.75) is 0 Å². The summed E-state index contributed by atoms with van der Waals surface area (Å²) in [6.45, 7) is 0. The van der Waals surface area contributed by atoms with E-state index in [1.807, 2.05) is 41.3 Å². The average Bonchev–Trinajstić information content (AvgIpc) is 3.03. The van der Waals surface area contributed by atoms with E-state index in [0.717, 1.165) is 16.9 Å². The highest BCUT2D eigenvalue weighted by Gasteiger charge is 2.00. The zero-order valence-electron chi connectivity index (χ0n) is 8.67. The van der Waals surface area contributed by atoms with Crippen molar-refractivity contribution in [3.05, 3.63) is 61.1 Å². The smallest absolute Gasteiger partial charge is 0.0652 e. The first-order valence-corrected chi connectivity index (χ1v) is 5.17. The van der Waals surface area contributed by atoms with Crippen LogP contribution in [0.3, 0.4) is 0 Å². The molecule has 78 valence electrons. The molecule has 2 aromatic heterocycles. The molecule has 2 heterocycles. The van der Waals surface area contributed by atoms with Gasteiger partial charge in [-0.05, 0) is 30.3 Å². The van der Waals surface area contributed by atoms with E-state index in [9.17, 15) is 0 Å². The van der Waals surface area contributed by atoms with Gasteiger partial charge in [-0.1, -0.05) is 12.1 Å². The van der Waals surface area contributed by atoms with Gasteiger partial charge in [-0.15, -0.1) is 0 Å². The molecular weight excluding hydrogens is 198 g/mol. The topological polar surface area (TPSA) is 33.6 Å². The highest BCUT2D eigenvalue weighted by molar-refractivity contribution is 5.62. The zero-order valence-corrected chi connectivity index (χ0v) is 8.67. The Morgan fingerprint density at radius 3 is 2.81 bits per heavy atom. The molecule has 0 spiro atoms. The van der Waals surface area contributed by atoms with Gasteiger partial charge in [0.15, 0.2) is 0 Å². The zero-order chi connectivity index (χ0) is 10.8. The van der Waals surface area contributed by atoms with E-state index < -0.39 is 0 Å². The van der Waals surface area contributed by atoms with Crippen LogP contribution in [0.2, 0.25) is 0 Å². The van der Waals surface area contributed by atoms with Crippen molar-refractivity contribution >= 4 is 0 Å². The molecule has 1 aromatic carbocycles. The van der Waals surface area contributed by atoms with E-state index in [-0.39, 0.29) is 0 Å². The molecule has 0 saturated heterocycles. The second kappa shape index (κ2) is 3.70. The predicted octanol–water partition coefficient (Wildman–Crippen LogP) is 2.87. The number of nitrogens with one attached hydrogen (secondary N) is 1. The number of hydrogen-bond acceptors (Lipinski definition) is 1. The molecule has 0 fully saturated rings. The van der Waals surface area contributed by atoms with Gasteiger partial charge in [0.25, 0.3) is 0 Å². The third-order valence-corrected chi connectivity index (χ3v) is 2.52. The lowest BCUT2D eigenvalue weighted by molar-refractivity contribution is 0.881. The fourth-order valence-corrected chi connectivity index (χ4v) is 1.75. The summed E-state index contributed by atoms with van der Waals surface area (Å²) in [6, 6.07) is 14.2. The molecule has 3 nitrogen and oxygen atoms in total. The van der Waals surface area contributed by atoms with Gasteiger partial charge in [0, 0.05) is 29.8 Å². The first-order valence-electron chi connectivity index (χ1n) is 5.17. The Morgan fingerprint density at radius 1 is 1.06 bits per heavy atom. The Labute approximate surface area is 93.4 Å². The number of nitrogens with zero attached hydrogens (tertiary/aromatic N) is 2. The molecule has 0 aliphatic heterocycles. The van der Waals surface area contributed by atoms with Crippen molar-refractivity contribution in [3.8, 4) is 16.9 Å². The molecule has 0 aliphatic rings. The van der Waals surface area contributed by atoms with Crippen molar-refractivity contribution in [3.63, 3.8) is 0 Å². The molecule has 1 N–H and O–H groups in total. The first kappa shape index (κ1) is 8.97. The Morgan fingerprint density at radius 2 is 2.06 bits per heavy atom. The number of aromatic nitrogens is 3. The molecule has 3 rings (SSSR count). The molecule has 0 radical (unpaired) electrons. The van der Waals surface area contributed by atoms with Crippen molar-refractivity contribution < 1.29 is 0 Å². The number of hydrogen-bond donors (Lipinski definition) is 1. The van der Waals surface area contributed by atoms with Crippen molar-refractivity contribution in [1.82, 2.24) is 14.8 Å². The highest BCUT2D eigenvalue weighted by Crippen LogP contribution is 2.19. The third kappa shape index (κ3) is 1.52. The summed E-state index contributed by atoms with van der Waals surface area (Å²) >= 11 is 0. The molecule has 0 amide bonds. The molecule has 3 aromatic rings. The van der Waals surface area contributed by atoms with Crippen LogP contribution in [0.4, 0.5) is 0 Å². The molecule has 0 unspecified atom stereocenters. The van der Waals surface area contributed by atoms with Gasteiger partial charge < -0.3 is 4.98 Å². The molecule has 3 heteroatoms. The Bertz CT molecular complexity index is 516. The van der Waals surface area contributed by atoms with E-state index in [0.29, 0.717) is 0 Å². The van der Waals surface area contributed by atoms with Crippen LogP contribution >= 0.6 is 0 Å². The number of benzene rings is 1. The fourth-order valence-electron chi connectivity index (χ4n) is 1.75. The lowest BCUT2D eigenvalue weighted by Crippen LogP contribution is -1.93. The van der Waals surface area contributed by atoms with Crippen LogP contribution in [-0.4, -0.2) is 14.8 Å². The minimum atomic E-state index is 1.07. The summed E-state index contributed by atoms with van der Waals surface area (Å²) in [5.41, 5.74) is 3.35. The molecule has 0 bridgehead atoms. The van der Waals surface area contributed by atoms with Crippen LogP contribution in [0.25, 0.3) is 16.9 Å². The van der Waals surface area contributed by atoms with Crippen molar-refractivity contribution in [2.75, 3.05) is 0 Å². The van der Waals surface area contributed by atoms with Gasteiger partial charge in [-0.25, -0.2) is 4.68 Å². The lowest BCUT2D eigenvalue weighted by atomic mass is 10.1. The maximum absolute atomic E-state index is 4.22. The van der Waals surface area contributed by atoms with Crippen LogP contribution < -0.4 is 0 Å². The lowest BCUT2D eigenvalue weighted by Gasteiger charge is -2.03. The van der Waals surface area contributed by atoms with Crippen LogP contribution in [0.15, 0.2) is 61.1 Å². The third-order valence-electron chi connectivity index (χ3n) is 2.52. The van der Waals surface area contributed by atoms with Gasteiger partial charge in [-0.3, -0.25) is 0 Å². The van der Waals surface area contributed by atoms with Gasteiger partial charge in [0.2, 0.25) is 0 Å². The minimum Gasteiger partial charge on any atom is -0.361 e. The van der Waals surface area contributed by atoms with E-state index in [1.165, 1.54) is 0 Å². The molecule has 0 saturated carbocycles. The summed E-state index contributed by atoms with van der Waals surface area (Å²) in [6.07, 6.45) is 5.64. The normalized spacial score (nSPS) is 10.5. The first-order chi connectivity index (χ1) is 7.93. The average molecular weight is 209 g/mol. The maximum atomic E-state index is 4.22. The van der Waals surface area contributed by atoms with E-state index >= 15 is 0 Å². The largest absolute Gasteiger partial charge is 0.361 e. The van der Waals surface area contributed by atoms with Crippen LogP contribution in [0.1, 0.15) is 0 Å². The summed E-state index contributed by atoms with van der Waals surface area (Å²) in [7, 11) is 0. The van der Waals surface area contributed by atoms with Crippen LogP contribution in [0.5, 0.6) is 0 Å². The predicted molar refractivity (Wildman–Crippen MR) is 63.4 cm³/mol. The second-order valence-corrected chi connectivity index (χ2v) is 3.58.